The summed E-state index contributed by atoms with van der Waals surface area (Å²) in [5.74, 6) is 0.248. The lowest BCUT2D eigenvalue weighted by Gasteiger charge is -2.32. The highest BCUT2D eigenvalue weighted by atomic mass is 16.2. The fraction of sp³-hybridized carbons (Fsp3) is 0.474. The van der Waals surface area contributed by atoms with Crippen molar-refractivity contribution in [2.75, 3.05) is 7.05 Å². The van der Waals surface area contributed by atoms with E-state index >= 15 is 0 Å². The number of fused-ring (bicyclic) bond motifs is 3. The van der Waals surface area contributed by atoms with Crippen LogP contribution in [0.2, 0.25) is 0 Å². The Labute approximate surface area is 137 Å². The van der Waals surface area contributed by atoms with Crippen molar-refractivity contribution in [2.45, 2.75) is 50.6 Å². The molecule has 1 aliphatic carbocycles. The molecule has 0 saturated heterocycles. The zero-order valence-electron chi connectivity index (χ0n) is 13.6. The molecule has 2 heterocycles. The second-order valence-corrected chi connectivity index (χ2v) is 6.79. The smallest absolute Gasteiger partial charge is 0.224 e. The highest BCUT2D eigenvalue weighted by Crippen LogP contribution is 2.41. The van der Waals surface area contributed by atoms with Crippen molar-refractivity contribution in [3.63, 3.8) is 0 Å². The third kappa shape index (κ3) is 2.46. The Balaban J connectivity index is 1.56. The second-order valence-electron chi connectivity index (χ2n) is 6.79. The Morgan fingerprint density at radius 1 is 1.26 bits per heavy atom. The number of amides is 1. The zero-order chi connectivity index (χ0) is 15.8. The number of carbonyl (C=O) groups is 1. The highest BCUT2D eigenvalue weighted by molar-refractivity contribution is 5.79. The predicted octanol–water partition coefficient (Wildman–Crippen LogP) is 3.63. The van der Waals surface area contributed by atoms with Crippen LogP contribution in [0.25, 0.3) is 11.3 Å². The van der Waals surface area contributed by atoms with Crippen LogP contribution in [0, 0.1) is 0 Å². The molecule has 4 rings (SSSR count). The summed E-state index contributed by atoms with van der Waals surface area (Å²) in [6.45, 7) is 0. The van der Waals surface area contributed by atoms with Crippen LogP contribution in [0.5, 0.6) is 0 Å². The fourth-order valence-corrected chi connectivity index (χ4v) is 4.12. The normalized spacial score (nSPS) is 20.1. The Morgan fingerprint density at radius 3 is 2.87 bits per heavy atom. The van der Waals surface area contributed by atoms with Crippen molar-refractivity contribution >= 4 is 5.91 Å². The lowest BCUT2D eigenvalue weighted by molar-refractivity contribution is -0.133. The van der Waals surface area contributed by atoms with Crippen molar-refractivity contribution in [1.82, 2.24) is 14.5 Å². The number of benzene rings is 1. The van der Waals surface area contributed by atoms with Gasteiger partial charge in [0.1, 0.15) is 0 Å². The highest BCUT2D eigenvalue weighted by Gasteiger charge is 2.31. The van der Waals surface area contributed by atoms with Gasteiger partial charge in [-0.05, 0) is 18.4 Å². The van der Waals surface area contributed by atoms with Gasteiger partial charge in [0, 0.05) is 18.7 Å². The average molecular weight is 309 g/mol. The number of nitrogens with zero attached hydrogens (tertiary/aromatic N) is 3. The molecule has 1 atom stereocenters. The fourth-order valence-electron chi connectivity index (χ4n) is 4.12. The quantitative estimate of drug-likeness (QED) is 0.868. The molecule has 1 saturated carbocycles. The van der Waals surface area contributed by atoms with Gasteiger partial charge in [-0.2, -0.15) is 0 Å². The van der Waals surface area contributed by atoms with Crippen LogP contribution in [0.1, 0.15) is 50.1 Å². The summed E-state index contributed by atoms with van der Waals surface area (Å²) in [6.07, 6.45) is 10.4. The van der Waals surface area contributed by atoms with Crippen molar-refractivity contribution in [2.24, 2.45) is 0 Å². The Kier molecular flexibility index (Phi) is 3.68. The molecule has 0 bridgehead atoms. The van der Waals surface area contributed by atoms with Crippen molar-refractivity contribution < 1.29 is 4.79 Å². The van der Waals surface area contributed by atoms with E-state index in [0.29, 0.717) is 12.5 Å². The molecular formula is C19H23N3O. The van der Waals surface area contributed by atoms with Crippen LogP contribution < -0.4 is 0 Å². The van der Waals surface area contributed by atoms with Crippen LogP contribution in [-0.4, -0.2) is 33.4 Å². The second kappa shape index (κ2) is 5.84. The maximum atomic E-state index is 12.8. The van der Waals surface area contributed by atoms with Crippen molar-refractivity contribution in [1.29, 1.82) is 0 Å². The summed E-state index contributed by atoms with van der Waals surface area (Å²) in [4.78, 5) is 19.1. The van der Waals surface area contributed by atoms with Gasteiger partial charge in [0.25, 0.3) is 0 Å². The summed E-state index contributed by atoms with van der Waals surface area (Å²) in [7, 11) is 1.98. The first-order valence-corrected chi connectivity index (χ1v) is 8.62. The molecule has 0 N–H and O–H groups in total. The molecular weight excluding hydrogens is 286 g/mol. The molecule has 0 radical (unpaired) electrons. The lowest BCUT2D eigenvalue weighted by Crippen LogP contribution is -2.39. The molecule has 23 heavy (non-hydrogen) atoms. The number of hydrogen-bond acceptors (Lipinski definition) is 2. The topological polar surface area (TPSA) is 38.1 Å². The van der Waals surface area contributed by atoms with Crippen LogP contribution in [0.4, 0.5) is 0 Å². The summed E-state index contributed by atoms with van der Waals surface area (Å²) < 4.78 is 2.15. The third-order valence-corrected chi connectivity index (χ3v) is 5.48. The van der Waals surface area contributed by atoms with E-state index < -0.39 is 0 Å². The van der Waals surface area contributed by atoms with E-state index in [1.165, 1.54) is 30.4 Å². The number of hydrogen-bond donors (Lipinski definition) is 0. The van der Waals surface area contributed by atoms with E-state index in [1.807, 2.05) is 24.5 Å². The minimum atomic E-state index is 0.0854. The molecule has 1 fully saturated rings. The van der Waals surface area contributed by atoms with Gasteiger partial charge in [-0.15, -0.1) is 0 Å². The molecule has 4 heteroatoms. The van der Waals surface area contributed by atoms with Crippen molar-refractivity contribution in [3.8, 4) is 11.3 Å². The molecule has 2 aliphatic rings. The number of carbonyl (C=O) groups excluding carboxylic acids is 1. The third-order valence-electron chi connectivity index (χ3n) is 5.48. The summed E-state index contributed by atoms with van der Waals surface area (Å²) in [5, 5.41) is 0. The van der Waals surface area contributed by atoms with Gasteiger partial charge in [-0.25, -0.2) is 4.98 Å². The maximum Gasteiger partial charge on any atom is 0.224 e. The lowest BCUT2D eigenvalue weighted by atomic mass is 9.94. The standard InChI is InChI=1S/C19H23N3O/c1-21(14-7-3-2-4-8-14)19(23)11-17-15-9-5-6-10-16(15)18-12-20-13-22(17)18/h5-6,9-10,12-14,17H,2-4,7-8,11H2,1H3. The van der Waals surface area contributed by atoms with Crippen LogP contribution in [0.15, 0.2) is 36.8 Å². The van der Waals surface area contributed by atoms with E-state index in [0.717, 1.165) is 18.5 Å². The zero-order valence-corrected chi connectivity index (χ0v) is 13.6. The Hall–Kier alpha value is -2.10. The van der Waals surface area contributed by atoms with E-state index in [4.69, 9.17) is 0 Å². The largest absolute Gasteiger partial charge is 0.343 e. The maximum absolute atomic E-state index is 12.8. The van der Waals surface area contributed by atoms with Crippen molar-refractivity contribution in [3.05, 3.63) is 42.4 Å². The molecule has 1 amide bonds. The van der Waals surface area contributed by atoms with Crippen LogP contribution in [-0.2, 0) is 4.79 Å². The van der Waals surface area contributed by atoms with Gasteiger partial charge in [-0.3, -0.25) is 4.79 Å². The molecule has 1 aliphatic heterocycles. The first-order valence-electron chi connectivity index (χ1n) is 8.62. The van der Waals surface area contributed by atoms with Gasteiger partial charge in [0.15, 0.2) is 0 Å². The number of rotatable bonds is 3. The molecule has 1 unspecified atom stereocenters. The van der Waals surface area contributed by atoms with Crippen LogP contribution >= 0.6 is 0 Å². The molecule has 4 nitrogen and oxygen atoms in total. The summed E-state index contributed by atoms with van der Waals surface area (Å²) in [6, 6.07) is 8.88. The molecule has 0 spiro atoms. The van der Waals surface area contributed by atoms with E-state index in [-0.39, 0.29) is 11.9 Å². The molecule has 1 aromatic carbocycles. The van der Waals surface area contributed by atoms with E-state index in [2.05, 4.69) is 33.8 Å². The van der Waals surface area contributed by atoms with Crippen LogP contribution in [0.3, 0.4) is 0 Å². The van der Waals surface area contributed by atoms with Gasteiger partial charge < -0.3 is 9.47 Å². The summed E-state index contributed by atoms with van der Waals surface area (Å²) in [5.41, 5.74) is 3.58. The predicted molar refractivity (Wildman–Crippen MR) is 90.1 cm³/mol. The average Bonchev–Trinajstić information content (AvgIpc) is 3.18. The summed E-state index contributed by atoms with van der Waals surface area (Å²) >= 11 is 0. The minimum Gasteiger partial charge on any atom is -0.343 e. The molecule has 2 aromatic rings. The number of aromatic nitrogens is 2. The van der Waals surface area contributed by atoms with Gasteiger partial charge in [0.05, 0.1) is 30.7 Å². The molecule has 1 aromatic heterocycles. The van der Waals surface area contributed by atoms with E-state index in [1.54, 1.807) is 0 Å². The van der Waals surface area contributed by atoms with Gasteiger partial charge in [0.2, 0.25) is 5.91 Å². The first-order chi connectivity index (χ1) is 11.3. The van der Waals surface area contributed by atoms with E-state index in [9.17, 15) is 4.79 Å². The SMILES string of the molecule is CN(C(=O)CC1c2ccccc2-c2cncn21)C1CCCCC1. The molecule has 120 valence electrons. The monoisotopic (exact) mass is 309 g/mol. The van der Waals surface area contributed by atoms with Gasteiger partial charge >= 0.3 is 0 Å². The first kappa shape index (κ1) is 14.5. The number of imidazole rings is 1. The Bertz CT molecular complexity index is 715. The Morgan fingerprint density at radius 2 is 2.04 bits per heavy atom. The minimum absolute atomic E-state index is 0.0854. The van der Waals surface area contributed by atoms with Gasteiger partial charge in [-0.1, -0.05) is 43.5 Å².